The number of nitrogens with zero attached hydrogens (tertiary/aromatic N) is 1. The SMILES string of the molecule is CC(CN)N1CC(C2CCC2)NC1=O. The molecule has 1 saturated carbocycles. The minimum Gasteiger partial charge on any atom is -0.333 e. The fourth-order valence-electron chi connectivity index (χ4n) is 2.20. The molecule has 2 unspecified atom stereocenters. The summed E-state index contributed by atoms with van der Waals surface area (Å²) in [4.78, 5) is 13.5. The van der Waals surface area contributed by atoms with E-state index in [0.717, 1.165) is 6.54 Å². The number of hydrogen-bond acceptors (Lipinski definition) is 2. The zero-order valence-electron chi connectivity index (χ0n) is 8.70. The number of nitrogens with one attached hydrogen (secondary N) is 1. The van der Waals surface area contributed by atoms with E-state index in [1.165, 1.54) is 19.3 Å². The number of amides is 2. The predicted molar refractivity (Wildman–Crippen MR) is 54.9 cm³/mol. The van der Waals surface area contributed by atoms with Crippen molar-refractivity contribution in [3.8, 4) is 0 Å². The van der Waals surface area contributed by atoms with Gasteiger partial charge < -0.3 is 16.0 Å². The molecule has 1 saturated heterocycles. The van der Waals surface area contributed by atoms with Gasteiger partial charge in [0.1, 0.15) is 0 Å². The Kier molecular flexibility index (Phi) is 2.63. The average molecular weight is 197 g/mol. The Hall–Kier alpha value is -0.770. The van der Waals surface area contributed by atoms with Crippen LogP contribution in [0.4, 0.5) is 4.79 Å². The van der Waals surface area contributed by atoms with Gasteiger partial charge in [0.15, 0.2) is 0 Å². The van der Waals surface area contributed by atoms with Gasteiger partial charge >= 0.3 is 6.03 Å². The molecule has 0 radical (unpaired) electrons. The fourth-order valence-corrected chi connectivity index (χ4v) is 2.20. The molecule has 2 atom stereocenters. The van der Waals surface area contributed by atoms with Gasteiger partial charge in [0.25, 0.3) is 0 Å². The van der Waals surface area contributed by atoms with Crippen LogP contribution in [0.3, 0.4) is 0 Å². The summed E-state index contributed by atoms with van der Waals surface area (Å²) in [5.74, 6) is 0.717. The van der Waals surface area contributed by atoms with Crippen molar-refractivity contribution in [3.05, 3.63) is 0 Å². The third kappa shape index (κ3) is 1.59. The summed E-state index contributed by atoms with van der Waals surface area (Å²) < 4.78 is 0. The lowest BCUT2D eigenvalue weighted by Crippen LogP contribution is -2.40. The summed E-state index contributed by atoms with van der Waals surface area (Å²) in [6.07, 6.45) is 3.87. The molecule has 2 aliphatic rings. The molecule has 1 aliphatic carbocycles. The van der Waals surface area contributed by atoms with E-state index in [9.17, 15) is 4.79 Å². The van der Waals surface area contributed by atoms with Crippen LogP contribution in [-0.4, -0.2) is 36.1 Å². The van der Waals surface area contributed by atoms with E-state index >= 15 is 0 Å². The van der Waals surface area contributed by atoms with Gasteiger partial charge in [-0.1, -0.05) is 6.42 Å². The number of rotatable bonds is 3. The summed E-state index contributed by atoms with van der Waals surface area (Å²) in [7, 11) is 0. The quantitative estimate of drug-likeness (QED) is 0.693. The standard InChI is InChI=1S/C10H19N3O/c1-7(5-11)13-6-9(12-10(13)14)8-3-2-4-8/h7-9H,2-6,11H2,1H3,(H,12,14). The van der Waals surface area contributed by atoms with E-state index in [1.54, 1.807) is 0 Å². The fraction of sp³-hybridized carbons (Fsp3) is 0.900. The third-order valence-electron chi connectivity index (χ3n) is 3.56. The summed E-state index contributed by atoms with van der Waals surface area (Å²) >= 11 is 0. The molecule has 2 rings (SSSR count). The molecule has 3 N–H and O–H groups in total. The van der Waals surface area contributed by atoms with Crippen LogP contribution in [0.25, 0.3) is 0 Å². The molecule has 4 nitrogen and oxygen atoms in total. The third-order valence-corrected chi connectivity index (χ3v) is 3.56. The van der Waals surface area contributed by atoms with Crippen LogP contribution in [0.2, 0.25) is 0 Å². The van der Waals surface area contributed by atoms with Crippen LogP contribution in [0.1, 0.15) is 26.2 Å². The van der Waals surface area contributed by atoms with E-state index in [-0.39, 0.29) is 12.1 Å². The van der Waals surface area contributed by atoms with Gasteiger partial charge in [-0.2, -0.15) is 0 Å². The largest absolute Gasteiger partial charge is 0.333 e. The summed E-state index contributed by atoms with van der Waals surface area (Å²) in [6.45, 7) is 3.40. The molecule has 1 heterocycles. The topological polar surface area (TPSA) is 58.4 Å². The Balaban J connectivity index is 1.92. The zero-order chi connectivity index (χ0) is 10.1. The van der Waals surface area contributed by atoms with Gasteiger partial charge in [-0.05, 0) is 25.7 Å². The van der Waals surface area contributed by atoms with Crippen molar-refractivity contribution >= 4 is 6.03 Å². The first kappa shape index (κ1) is 9.77. The monoisotopic (exact) mass is 197 g/mol. The highest BCUT2D eigenvalue weighted by atomic mass is 16.2. The predicted octanol–water partition coefficient (Wildman–Crippen LogP) is 0.527. The molecule has 0 bridgehead atoms. The van der Waals surface area contributed by atoms with Crippen molar-refractivity contribution in [2.75, 3.05) is 13.1 Å². The molecule has 0 aromatic carbocycles. The lowest BCUT2D eigenvalue weighted by molar-refractivity contribution is 0.200. The van der Waals surface area contributed by atoms with Crippen molar-refractivity contribution in [3.63, 3.8) is 0 Å². The summed E-state index contributed by atoms with van der Waals surface area (Å²) in [6, 6.07) is 0.616. The number of carbonyl (C=O) groups excluding carboxylic acids is 1. The lowest BCUT2D eigenvalue weighted by Gasteiger charge is -2.31. The van der Waals surface area contributed by atoms with Crippen molar-refractivity contribution in [2.24, 2.45) is 11.7 Å². The number of nitrogens with two attached hydrogens (primary N) is 1. The zero-order valence-corrected chi connectivity index (χ0v) is 8.70. The second-order valence-electron chi connectivity index (χ2n) is 4.48. The van der Waals surface area contributed by atoms with E-state index < -0.39 is 0 Å². The van der Waals surface area contributed by atoms with Crippen molar-refractivity contribution in [1.82, 2.24) is 10.2 Å². The Morgan fingerprint density at radius 3 is 2.86 bits per heavy atom. The molecule has 1 aliphatic heterocycles. The number of hydrogen-bond donors (Lipinski definition) is 2. The van der Waals surface area contributed by atoms with Crippen LogP contribution >= 0.6 is 0 Å². The highest BCUT2D eigenvalue weighted by Gasteiger charge is 2.37. The first-order valence-corrected chi connectivity index (χ1v) is 5.49. The summed E-state index contributed by atoms with van der Waals surface area (Å²) in [5.41, 5.74) is 5.56. The molecule has 0 aromatic heterocycles. The Labute approximate surface area is 84.8 Å². The molecule has 0 spiro atoms. The van der Waals surface area contributed by atoms with Gasteiger partial charge in [-0.15, -0.1) is 0 Å². The van der Waals surface area contributed by atoms with Crippen molar-refractivity contribution in [1.29, 1.82) is 0 Å². The molecule has 4 heteroatoms. The molecule has 2 amide bonds. The Bertz CT molecular complexity index is 227. The molecular weight excluding hydrogens is 178 g/mol. The van der Waals surface area contributed by atoms with Crippen molar-refractivity contribution < 1.29 is 4.79 Å². The highest BCUT2D eigenvalue weighted by molar-refractivity contribution is 5.77. The van der Waals surface area contributed by atoms with Gasteiger partial charge in [-0.25, -0.2) is 4.79 Å². The molecular formula is C10H19N3O. The van der Waals surface area contributed by atoms with Gasteiger partial charge in [0.2, 0.25) is 0 Å². The number of carbonyl (C=O) groups is 1. The minimum atomic E-state index is 0.0693. The number of urea groups is 1. The normalized spacial score (nSPS) is 30.0. The highest BCUT2D eigenvalue weighted by Crippen LogP contribution is 2.31. The van der Waals surface area contributed by atoms with Gasteiger partial charge in [0.05, 0.1) is 6.04 Å². The van der Waals surface area contributed by atoms with Crippen LogP contribution < -0.4 is 11.1 Å². The van der Waals surface area contributed by atoms with Gasteiger partial charge in [-0.3, -0.25) is 0 Å². The maximum Gasteiger partial charge on any atom is 0.318 e. The van der Waals surface area contributed by atoms with E-state index in [1.807, 2.05) is 11.8 Å². The van der Waals surface area contributed by atoms with Crippen molar-refractivity contribution in [2.45, 2.75) is 38.3 Å². The molecule has 80 valence electrons. The van der Waals surface area contributed by atoms with Crippen LogP contribution in [0.15, 0.2) is 0 Å². The Morgan fingerprint density at radius 1 is 1.64 bits per heavy atom. The molecule has 0 aromatic rings. The molecule has 14 heavy (non-hydrogen) atoms. The van der Waals surface area contributed by atoms with E-state index in [2.05, 4.69) is 5.32 Å². The first-order chi connectivity index (χ1) is 6.72. The second-order valence-corrected chi connectivity index (χ2v) is 4.48. The van der Waals surface area contributed by atoms with Crippen LogP contribution in [0.5, 0.6) is 0 Å². The van der Waals surface area contributed by atoms with Crippen LogP contribution in [-0.2, 0) is 0 Å². The van der Waals surface area contributed by atoms with E-state index in [4.69, 9.17) is 5.73 Å². The maximum atomic E-state index is 11.6. The lowest BCUT2D eigenvalue weighted by atomic mass is 9.80. The van der Waals surface area contributed by atoms with Gasteiger partial charge in [0, 0.05) is 19.1 Å². The maximum absolute atomic E-state index is 11.6. The Morgan fingerprint density at radius 2 is 2.36 bits per heavy atom. The van der Waals surface area contributed by atoms with Crippen LogP contribution in [0, 0.1) is 5.92 Å². The van der Waals surface area contributed by atoms with E-state index in [0.29, 0.717) is 18.5 Å². The smallest absolute Gasteiger partial charge is 0.318 e. The average Bonchev–Trinajstić information content (AvgIpc) is 2.43. The minimum absolute atomic E-state index is 0.0693. The molecule has 2 fully saturated rings. The second kappa shape index (κ2) is 3.77. The summed E-state index contributed by atoms with van der Waals surface area (Å²) in [5, 5.41) is 3.05. The first-order valence-electron chi connectivity index (χ1n) is 5.49.